The summed E-state index contributed by atoms with van der Waals surface area (Å²) in [4.78, 5) is 0. The lowest BCUT2D eigenvalue weighted by Gasteiger charge is -1.95. The van der Waals surface area contributed by atoms with Crippen LogP contribution in [0, 0.1) is 0 Å². The van der Waals surface area contributed by atoms with E-state index in [1.165, 1.54) is 17.6 Å². The fourth-order valence-electron chi connectivity index (χ4n) is 0.709. The average Bonchev–Trinajstić information content (AvgIpc) is 1.87. The molecular formula is C10H18. The van der Waals surface area contributed by atoms with Crippen LogP contribution in [-0.2, 0) is 0 Å². The van der Waals surface area contributed by atoms with Gasteiger partial charge in [0.05, 0.1) is 0 Å². The molecule has 0 radical (unpaired) electrons. The summed E-state index contributed by atoms with van der Waals surface area (Å²) in [6.07, 6.45) is 5.78. The zero-order chi connectivity index (χ0) is 7.98. The maximum atomic E-state index is 3.85. The quantitative estimate of drug-likeness (QED) is 0.520. The molecule has 0 unspecified atom stereocenters. The molecular weight excluding hydrogens is 120 g/mol. The normalized spacial score (nSPS) is 11.7. The Balaban J connectivity index is 3.43. The van der Waals surface area contributed by atoms with Gasteiger partial charge in [-0.3, -0.25) is 0 Å². The average molecular weight is 138 g/mol. The molecule has 0 rings (SSSR count). The van der Waals surface area contributed by atoms with Crippen molar-refractivity contribution in [3.8, 4) is 0 Å². The van der Waals surface area contributed by atoms with Crippen LogP contribution < -0.4 is 0 Å². The summed E-state index contributed by atoms with van der Waals surface area (Å²) in [6.45, 7) is 10.3. The van der Waals surface area contributed by atoms with Gasteiger partial charge in [0.2, 0.25) is 0 Å². The Labute approximate surface area is 64.6 Å². The zero-order valence-corrected chi connectivity index (χ0v) is 7.41. The molecule has 0 aliphatic rings. The summed E-state index contributed by atoms with van der Waals surface area (Å²) in [5, 5.41) is 0. The molecule has 0 saturated heterocycles. The third-order valence-electron chi connectivity index (χ3n) is 1.62. The second kappa shape index (κ2) is 5.28. The third kappa shape index (κ3) is 5.61. The molecule has 0 spiro atoms. The first-order valence-electron chi connectivity index (χ1n) is 3.96. The Morgan fingerprint density at radius 3 is 2.40 bits per heavy atom. The molecule has 0 atom stereocenters. The Bertz CT molecular complexity index is 129. The van der Waals surface area contributed by atoms with Gasteiger partial charge in [-0.15, -0.1) is 6.58 Å². The van der Waals surface area contributed by atoms with E-state index < -0.39 is 0 Å². The molecule has 0 aliphatic carbocycles. The van der Waals surface area contributed by atoms with E-state index in [9.17, 15) is 0 Å². The summed E-state index contributed by atoms with van der Waals surface area (Å²) in [5.41, 5.74) is 2.77. The standard InChI is InChI=1S/C10H18/c1-5-10(4)8-6-7-9(2)3/h8H,2,5-7H2,1,3-4H3. The van der Waals surface area contributed by atoms with Crippen molar-refractivity contribution < 1.29 is 0 Å². The van der Waals surface area contributed by atoms with Crippen molar-refractivity contribution >= 4 is 0 Å². The van der Waals surface area contributed by atoms with Crippen molar-refractivity contribution in [1.29, 1.82) is 0 Å². The Hall–Kier alpha value is -0.520. The van der Waals surface area contributed by atoms with Crippen LogP contribution >= 0.6 is 0 Å². The largest absolute Gasteiger partial charge is 0.100 e. The van der Waals surface area contributed by atoms with Crippen molar-refractivity contribution in [3.05, 3.63) is 23.8 Å². The van der Waals surface area contributed by atoms with Crippen LogP contribution in [0.2, 0.25) is 0 Å². The summed E-state index contributed by atoms with van der Waals surface area (Å²) in [5.74, 6) is 0. The fourth-order valence-corrected chi connectivity index (χ4v) is 0.709. The second-order valence-electron chi connectivity index (χ2n) is 2.90. The first kappa shape index (κ1) is 9.48. The Morgan fingerprint density at radius 2 is 2.00 bits per heavy atom. The molecule has 0 saturated carbocycles. The van der Waals surface area contributed by atoms with E-state index >= 15 is 0 Å². The van der Waals surface area contributed by atoms with Gasteiger partial charge in [-0.25, -0.2) is 0 Å². The van der Waals surface area contributed by atoms with Gasteiger partial charge in [-0.2, -0.15) is 0 Å². The lowest BCUT2D eigenvalue weighted by atomic mass is 10.1. The topological polar surface area (TPSA) is 0 Å². The molecule has 0 aromatic carbocycles. The molecule has 0 bridgehead atoms. The SMILES string of the molecule is C=C(C)CCC=C(C)CC. The zero-order valence-electron chi connectivity index (χ0n) is 7.41. The van der Waals surface area contributed by atoms with Crippen LogP contribution in [0.4, 0.5) is 0 Å². The monoisotopic (exact) mass is 138 g/mol. The van der Waals surface area contributed by atoms with Gasteiger partial charge in [-0.05, 0) is 33.1 Å². The summed E-state index contributed by atoms with van der Waals surface area (Å²) < 4.78 is 0. The summed E-state index contributed by atoms with van der Waals surface area (Å²) in [7, 11) is 0. The lowest BCUT2D eigenvalue weighted by Crippen LogP contribution is -1.75. The number of rotatable bonds is 4. The Morgan fingerprint density at radius 1 is 1.40 bits per heavy atom. The highest BCUT2D eigenvalue weighted by Crippen LogP contribution is 2.05. The van der Waals surface area contributed by atoms with Crippen LogP contribution in [0.15, 0.2) is 23.8 Å². The smallest absolute Gasteiger partial charge is 0.0291 e. The molecule has 0 nitrogen and oxygen atoms in total. The van der Waals surface area contributed by atoms with E-state index in [4.69, 9.17) is 0 Å². The van der Waals surface area contributed by atoms with Crippen LogP contribution in [0.3, 0.4) is 0 Å². The van der Waals surface area contributed by atoms with Crippen molar-refractivity contribution in [1.82, 2.24) is 0 Å². The molecule has 0 heterocycles. The first-order chi connectivity index (χ1) is 4.66. The number of hydrogen-bond donors (Lipinski definition) is 0. The minimum atomic E-state index is 1.14. The van der Waals surface area contributed by atoms with E-state index in [-0.39, 0.29) is 0 Å². The molecule has 0 aliphatic heterocycles. The third-order valence-corrected chi connectivity index (χ3v) is 1.62. The van der Waals surface area contributed by atoms with Crippen molar-refractivity contribution in [3.63, 3.8) is 0 Å². The Kier molecular flexibility index (Phi) is 5.00. The molecule has 0 fully saturated rings. The van der Waals surface area contributed by atoms with Gasteiger partial charge < -0.3 is 0 Å². The van der Waals surface area contributed by atoms with E-state index in [2.05, 4.69) is 33.4 Å². The summed E-state index contributed by atoms with van der Waals surface area (Å²) in [6, 6.07) is 0. The summed E-state index contributed by atoms with van der Waals surface area (Å²) >= 11 is 0. The van der Waals surface area contributed by atoms with E-state index in [1.807, 2.05) is 0 Å². The van der Waals surface area contributed by atoms with Gasteiger partial charge in [0.15, 0.2) is 0 Å². The minimum absolute atomic E-state index is 1.14. The number of allylic oxidation sites excluding steroid dienone is 3. The molecule has 0 heteroatoms. The highest BCUT2D eigenvalue weighted by atomic mass is 13.9. The van der Waals surface area contributed by atoms with Gasteiger partial charge >= 0.3 is 0 Å². The van der Waals surface area contributed by atoms with Crippen LogP contribution in [0.1, 0.15) is 40.0 Å². The van der Waals surface area contributed by atoms with Crippen LogP contribution in [0.25, 0.3) is 0 Å². The highest BCUT2D eigenvalue weighted by Gasteiger charge is 1.85. The maximum absolute atomic E-state index is 3.85. The molecule has 0 aromatic rings. The first-order valence-corrected chi connectivity index (χ1v) is 3.96. The predicted molar refractivity (Wildman–Crippen MR) is 48.1 cm³/mol. The van der Waals surface area contributed by atoms with E-state index in [0.717, 1.165) is 12.8 Å². The molecule has 58 valence electrons. The maximum Gasteiger partial charge on any atom is -0.0291 e. The fraction of sp³-hybridized carbons (Fsp3) is 0.600. The van der Waals surface area contributed by atoms with E-state index in [0.29, 0.717) is 0 Å². The van der Waals surface area contributed by atoms with Gasteiger partial charge in [-0.1, -0.05) is 24.1 Å². The second-order valence-corrected chi connectivity index (χ2v) is 2.90. The lowest BCUT2D eigenvalue weighted by molar-refractivity contribution is 0.955. The van der Waals surface area contributed by atoms with E-state index in [1.54, 1.807) is 0 Å². The van der Waals surface area contributed by atoms with Crippen LogP contribution in [-0.4, -0.2) is 0 Å². The molecule has 10 heavy (non-hydrogen) atoms. The van der Waals surface area contributed by atoms with Crippen molar-refractivity contribution in [2.75, 3.05) is 0 Å². The van der Waals surface area contributed by atoms with Gasteiger partial charge in [0.25, 0.3) is 0 Å². The number of hydrogen-bond acceptors (Lipinski definition) is 0. The van der Waals surface area contributed by atoms with Gasteiger partial charge in [0.1, 0.15) is 0 Å². The van der Waals surface area contributed by atoms with Gasteiger partial charge in [0, 0.05) is 0 Å². The highest BCUT2D eigenvalue weighted by molar-refractivity contribution is 4.99. The van der Waals surface area contributed by atoms with Crippen molar-refractivity contribution in [2.45, 2.75) is 40.0 Å². The van der Waals surface area contributed by atoms with Crippen molar-refractivity contribution in [2.24, 2.45) is 0 Å². The van der Waals surface area contributed by atoms with Crippen LogP contribution in [0.5, 0.6) is 0 Å². The molecule has 0 aromatic heterocycles. The molecule has 0 N–H and O–H groups in total. The molecule has 0 amide bonds. The predicted octanol–water partition coefficient (Wildman–Crippen LogP) is 3.70. The minimum Gasteiger partial charge on any atom is -0.100 e.